The molecule has 1 atom stereocenters. The van der Waals surface area contributed by atoms with Gasteiger partial charge in [-0.05, 0) is 19.1 Å². The van der Waals surface area contributed by atoms with Crippen molar-refractivity contribution in [3.8, 4) is 11.3 Å². The van der Waals surface area contributed by atoms with Crippen LogP contribution < -0.4 is 4.90 Å². The molecule has 0 aliphatic carbocycles. The zero-order chi connectivity index (χ0) is 18.8. The van der Waals surface area contributed by atoms with Gasteiger partial charge in [-0.1, -0.05) is 17.7 Å². The summed E-state index contributed by atoms with van der Waals surface area (Å²) in [5.74, 6) is 0.319. The van der Waals surface area contributed by atoms with Gasteiger partial charge in [0, 0.05) is 61.9 Å². The van der Waals surface area contributed by atoms with E-state index in [1.165, 1.54) is 11.6 Å². The Kier molecular flexibility index (Phi) is 5.05. The predicted molar refractivity (Wildman–Crippen MR) is 103 cm³/mol. The number of rotatable bonds is 4. The van der Waals surface area contributed by atoms with Gasteiger partial charge in [0.2, 0.25) is 0 Å². The van der Waals surface area contributed by atoms with E-state index in [2.05, 4.69) is 36.9 Å². The van der Waals surface area contributed by atoms with Crippen molar-refractivity contribution in [1.82, 2.24) is 25.1 Å². The summed E-state index contributed by atoms with van der Waals surface area (Å²) in [7, 11) is 0. The van der Waals surface area contributed by atoms with Gasteiger partial charge in [0.1, 0.15) is 11.5 Å². The molecular weight excluding hydrogens is 367 g/mol. The van der Waals surface area contributed by atoms with Gasteiger partial charge >= 0.3 is 0 Å². The van der Waals surface area contributed by atoms with E-state index in [1.807, 2.05) is 12.4 Å². The summed E-state index contributed by atoms with van der Waals surface area (Å²) in [5, 5.41) is 7.01. The molecule has 1 fully saturated rings. The van der Waals surface area contributed by atoms with E-state index < -0.39 is 5.82 Å². The summed E-state index contributed by atoms with van der Waals surface area (Å²) in [4.78, 5) is 13.6. The van der Waals surface area contributed by atoms with Gasteiger partial charge in [-0.2, -0.15) is 5.10 Å². The number of benzene rings is 1. The monoisotopic (exact) mass is 386 g/mol. The second kappa shape index (κ2) is 7.62. The third-order valence-corrected chi connectivity index (χ3v) is 5.34. The molecule has 27 heavy (non-hydrogen) atoms. The summed E-state index contributed by atoms with van der Waals surface area (Å²) in [6.07, 6.45) is 7.11. The van der Waals surface area contributed by atoms with Crippen molar-refractivity contribution >= 4 is 17.4 Å². The molecule has 0 spiro atoms. The number of nitrogens with zero attached hydrogens (tertiary/aromatic N) is 5. The van der Waals surface area contributed by atoms with E-state index in [1.54, 1.807) is 24.5 Å². The largest absolute Gasteiger partial charge is 0.352 e. The highest BCUT2D eigenvalue weighted by Gasteiger charge is 2.25. The minimum absolute atomic E-state index is 0.103. The maximum absolute atomic E-state index is 13.9. The van der Waals surface area contributed by atoms with Crippen LogP contribution in [0.4, 0.5) is 10.2 Å². The molecule has 1 aromatic carbocycles. The number of H-pyrrole nitrogens is 1. The Labute approximate surface area is 162 Å². The number of hydrogen-bond acceptors (Lipinski definition) is 5. The van der Waals surface area contributed by atoms with E-state index in [4.69, 9.17) is 11.6 Å². The lowest BCUT2D eigenvalue weighted by molar-refractivity contribution is 0.198. The molecule has 1 unspecified atom stereocenters. The molecule has 8 heteroatoms. The van der Waals surface area contributed by atoms with Crippen LogP contribution in [0.3, 0.4) is 0 Å². The molecule has 6 nitrogen and oxygen atoms in total. The summed E-state index contributed by atoms with van der Waals surface area (Å²) < 4.78 is 13.9. The molecule has 0 saturated carbocycles. The lowest BCUT2D eigenvalue weighted by Crippen LogP contribution is -2.47. The molecule has 3 aromatic rings. The molecule has 0 amide bonds. The summed E-state index contributed by atoms with van der Waals surface area (Å²) in [6, 6.07) is 5.04. The SMILES string of the molecule is CC(c1cn[nH]c1)N1CCN(c2nccnc2-c2ccc(Cl)c(F)c2)CC1. The van der Waals surface area contributed by atoms with Crippen LogP contribution in [0.5, 0.6) is 0 Å². The average Bonchev–Trinajstić information content (AvgIpc) is 3.24. The Hall–Kier alpha value is -2.51. The van der Waals surface area contributed by atoms with E-state index >= 15 is 0 Å². The Morgan fingerprint density at radius 2 is 1.93 bits per heavy atom. The van der Waals surface area contributed by atoms with Crippen molar-refractivity contribution in [2.24, 2.45) is 0 Å². The van der Waals surface area contributed by atoms with Gasteiger partial charge in [0.05, 0.1) is 11.2 Å². The van der Waals surface area contributed by atoms with E-state index in [-0.39, 0.29) is 5.02 Å². The molecule has 4 rings (SSSR count). The van der Waals surface area contributed by atoms with Crippen LogP contribution >= 0.6 is 11.6 Å². The topological polar surface area (TPSA) is 60.9 Å². The first-order valence-electron chi connectivity index (χ1n) is 8.87. The normalized spacial score (nSPS) is 16.5. The number of anilines is 1. The fraction of sp³-hybridized carbons (Fsp3) is 0.316. The molecule has 0 radical (unpaired) electrons. The summed E-state index contributed by atoms with van der Waals surface area (Å²) in [5.41, 5.74) is 2.53. The summed E-state index contributed by atoms with van der Waals surface area (Å²) >= 11 is 5.81. The number of nitrogens with one attached hydrogen (secondary N) is 1. The molecule has 1 aliphatic heterocycles. The fourth-order valence-corrected chi connectivity index (χ4v) is 3.55. The molecule has 1 aliphatic rings. The first kappa shape index (κ1) is 17.9. The Bertz CT molecular complexity index is 908. The highest BCUT2D eigenvalue weighted by Crippen LogP contribution is 2.30. The predicted octanol–water partition coefficient (Wildman–Crippen LogP) is 3.54. The Morgan fingerprint density at radius 1 is 1.15 bits per heavy atom. The number of aromatic amines is 1. The standard InChI is InChI=1S/C19H20ClFN6/c1-13(15-11-24-25-12-15)26-6-8-27(9-7-26)19-18(22-4-5-23-19)14-2-3-16(20)17(21)10-14/h2-5,10-13H,6-9H2,1H3,(H,24,25). The summed E-state index contributed by atoms with van der Waals surface area (Å²) in [6.45, 7) is 5.63. The number of halogens is 2. The number of hydrogen-bond donors (Lipinski definition) is 1. The van der Waals surface area contributed by atoms with Crippen molar-refractivity contribution in [3.05, 3.63) is 59.4 Å². The molecule has 3 heterocycles. The quantitative estimate of drug-likeness (QED) is 0.743. The third kappa shape index (κ3) is 3.65. The van der Waals surface area contributed by atoms with Crippen molar-refractivity contribution in [1.29, 1.82) is 0 Å². The fourth-order valence-electron chi connectivity index (χ4n) is 3.43. The molecule has 0 bridgehead atoms. The zero-order valence-corrected chi connectivity index (χ0v) is 15.7. The van der Waals surface area contributed by atoms with Crippen LogP contribution in [0.15, 0.2) is 43.0 Å². The van der Waals surface area contributed by atoms with E-state index in [0.717, 1.165) is 32.0 Å². The minimum atomic E-state index is -0.454. The average molecular weight is 387 g/mol. The lowest BCUT2D eigenvalue weighted by Gasteiger charge is -2.38. The Balaban J connectivity index is 1.53. The van der Waals surface area contributed by atoms with Crippen LogP contribution in [-0.2, 0) is 0 Å². The third-order valence-electron chi connectivity index (χ3n) is 5.04. The van der Waals surface area contributed by atoms with Crippen molar-refractivity contribution in [3.63, 3.8) is 0 Å². The second-order valence-electron chi connectivity index (χ2n) is 6.59. The van der Waals surface area contributed by atoms with E-state index in [9.17, 15) is 4.39 Å². The maximum atomic E-state index is 13.9. The number of aromatic nitrogens is 4. The van der Waals surface area contributed by atoms with E-state index in [0.29, 0.717) is 17.3 Å². The first-order valence-corrected chi connectivity index (χ1v) is 9.25. The lowest BCUT2D eigenvalue weighted by atomic mass is 10.1. The number of piperazine rings is 1. The van der Waals surface area contributed by atoms with Crippen LogP contribution in [0.25, 0.3) is 11.3 Å². The molecule has 1 N–H and O–H groups in total. The molecule has 140 valence electrons. The van der Waals surface area contributed by atoms with Gasteiger partial charge in [-0.3, -0.25) is 15.0 Å². The van der Waals surface area contributed by atoms with Gasteiger partial charge < -0.3 is 4.90 Å². The maximum Gasteiger partial charge on any atom is 0.155 e. The first-order chi connectivity index (χ1) is 13.1. The highest BCUT2D eigenvalue weighted by molar-refractivity contribution is 6.30. The van der Waals surface area contributed by atoms with Crippen LogP contribution in [0.2, 0.25) is 5.02 Å². The van der Waals surface area contributed by atoms with Crippen molar-refractivity contribution < 1.29 is 4.39 Å². The van der Waals surface area contributed by atoms with Crippen molar-refractivity contribution in [2.75, 3.05) is 31.1 Å². The van der Waals surface area contributed by atoms with Gasteiger partial charge in [0.25, 0.3) is 0 Å². The molecule has 2 aromatic heterocycles. The van der Waals surface area contributed by atoms with Crippen LogP contribution in [0, 0.1) is 5.82 Å². The molecule has 1 saturated heterocycles. The second-order valence-corrected chi connectivity index (χ2v) is 7.00. The van der Waals surface area contributed by atoms with Gasteiger partial charge in [-0.25, -0.2) is 9.37 Å². The van der Waals surface area contributed by atoms with Crippen LogP contribution in [0.1, 0.15) is 18.5 Å². The smallest absolute Gasteiger partial charge is 0.155 e. The van der Waals surface area contributed by atoms with Crippen molar-refractivity contribution in [2.45, 2.75) is 13.0 Å². The zero-order valence-electron chi connectivity index (χ0n) is 14.9. The minimum Gasteiger partial charge on any atom is -0.352 e. The Morgan fingerprint density at radius 3 is 2.63 bits per heavy atom. The van der Waals surface area contributed by atoms with Gasteiger partial charge in [-0.15, -0.1) is 0 Å². The highest BCUT2D eigenvalue weighted by atomic mass is 35.5. The van der Waals surface area contributed by atoms with Crippen LogP contribution in [-0.4, -0.2) is 51.2 Å². The van der Waals surface area contributed by atoms with Gasteiger partial charge in [0.15, 0.2) is 5.82 Å². The molecular formula is C19H20ClFN6.